The van der Waals surface area contributed by atoms with Gasteiger partial charge < -0.3 is 14.8 Å². The van der Waals surface area contributed by atoms with Crippen LogP contribution >= 0.6 is 22.6 Å². The van der Waals surface area contributed by atoms with Gasteiger partial charge in [0.15, 0.2) is 11.5 Å². The van der Waals surface area contributed by atoms with Gasteiger partial charge in [-0.15, -0.1) is 0 Å². The van der Waals surface area contributed by atoms with E-state index in [9.17, 15) is 4.79 Å². The van der Waals surface area contributed by atoms with Gasteiger partial charge in [0.05, 0.1) is 19.8 Å². The maximum atomic E-state index is 12.8. The highest BCUT2D eigenvalue weighted by Crippen LogP contribution is 2.31. The molecule has 0 radical (unpaired) electrons. The summed E-state index contributed by atoms with van der Waals surface area (Å²) in [6.07, 6.45) is 1.04. The fraction of sp³-hybridized carbons (Fsp3) is 0.409. The van der Waals surface area contributed by atoms with Gasteiger partial charge in [0.1, 0.15) is 0 Å². The van der Waals surface area contributed by atoms with E-state index in [1.54, 1.807) is 20.3 Å². The van der Waals surface area contributed by atoms with E-state index in [1.807, 2.05) is 6.07 Å². The second kappa shape index (κ2) is 8.69. The van der Waals surface area contributed by atoms with Crippen molar-refractivity contribution >= 4 is 28.5 Å². The lowest BCUT2D eigenvalue weighted by Gasteiger charge is -2.41. The summed E-state index contributed by atoms with van der Waals surface area (Å²) in [5.74, 6) is 1.08. The van der Waals surface area contributed by atoms with Gasteiger partial charge >= 0.3 is 0 Å². The Bertz CT molecular complexity index is 867. The Morgan fingerprint density at radius 3 is 2.46 bits per heavy atom. The molecule has 0 saturated carbocycles. The summed E-state index contributed by atoms with van der Waals surface area (Å²) < 4.78 is 11.5. The van der Waals surface area contributed by atoms with Crippen molar-refractivity contribution in [3.8, 4) is 11.5 Å². The van der Waals surface area contributed by atoms with Crippen LogP contribution in [0.25, 0.3) is 0 Å². The highest BCUT2D eigenvalue weighted by atomic mass is 127. The van der Waals surface area contributed by atoms with Crippen LogP contribution in [0.2, 0.25) is 0 Å². The van der Waals surface area contributed by atoms with Gasteiger partial charge in [0, 0.05) is 28.7 Å². The maximum absolute atomic E-state index is 12.8. The Hall–Kier alpha value is -1.80. The fourth-order valence-corrected chi connectivity index (χ4v) is 4.23. The molecule has 3 rings (SSSR count). The number of benzene rings is 2. The minimum atomic E-state index is -0.148. The number of hydrogen-bond donors (Lipinski definition) is 1. The molecular weight excluding hydrogens is 467 g/mol. The van der Waals surface area contributed by atoms with E-state index < -0.39 is 0 Å². The second-order valence-corrected chi connectivity index (χ2v) is 8.78. The molecule has 2 aromatic carbocycles. The van der Waals surface area contributed by atoms with Gasteiger partial charge in [0.2, 0.25) is 0 Å². The zero-order valence-corrected chi connectivity index (χ0v) is 19.0. The lowest BCUT2D eigenvalue weighted by molar-refractivity contribution is 0.0825. The summed E-state index contributed by atoms with van der Waals surface area (Å²) in [7, 11) is 3.16. The van der Waals surface area contributed by atoms with Gasteiger partial charge in [-0.1, -0.05) is 24.3 Å². The number of amides is 1. The predicted molar refractivity (Wildman–Crippen MR) is 119 cm³/mol. The van der Waals surface area contributed by atoms with E-state index in [1.165, 1.54) is 11.1 Å². The fourth-order valence-electron chi connectivity index (χ4n) is 3.54. The summed E-state index contributed by atoms with van der Waals surface area (Å²) in [5.41, 5.74) is 3.25. The monoisotopic (exact) mass is 494 g/mol. The van der Waals surface area contributed by atoms with Crippen molar-refractivity contribution in [1.29, 1.82) is 0 Å². The first-order chi connectivity index (χ1) is 13.4. The molecule has 0 spiro atoms. The standard InChI is InChI=1S/C22H27IN2O3/c1-22(2,25-10-9-15-7-5-6-8-16(15)13-25)14-24-21(26)17-11-19(27-3)20(28-4)12-18(17)23/h5-8,11-12H,9-10,13-14H2,1-4H3,(H,24,26). The van der Waals surface area contributed by atoms with Crippen LogP contribution in [0.3, 0.4) is 0 Å². The number of nitrogens with one attached hydrogen (secondary N) is 1. The number of hydrogen-bond acceptors (Lipinski definition) is 4. The molecule has 1 heterocycles. The predicted octanol–water partition coefficient (Wildman–Crippen LogP) is 3.88. The number of rotatable bonds is 6. The molecule has 5 nitrogen and oxygen atoms in total. The molecule has 28 heavy (non-hydrogen) atoms. The summed E-state index contributed by atoms with van der Waals surface area (Å²) in [6.45, 7) is 6.83. The van der Waals surface area contributed by atoms with E-state index >= 15 is 0 Å². The number of ether oxygens (including phenoxy) is 2. The lowest BCUT2D eigenvalue weighted by Crippen LogP contribution is -2.53. The third-order valence-electron chi connectivity index (χ3n) is 5.39. The van der Waals surface area contributed by atoms with Crippen molar-refractivity contribution in [2.75, 3.05) is 27.3 Å². The smallest absolute Gasteiger partial charge is 0.252 e. The van der Waals surface area contributed by atoms with Crippen molar-refractivity contribution in [2.24, 2.45) is 0 Å². The molecule has 0 aromatic heterocycles. The number of halogens is 1. The second-order valence-electron chi connectivity index (χ2n) is 7.62. The molecule has 1 aliphatic rings. The largest absolute Gasteiger partial charge is 0.493 e. The third-order valence-corrected chi connectivity index (χ3v) is 6.28. The number of carbonyl (C=O) groups excluding carboxylic acids is 1. The van der Waals surface area contributed by atoms with Crippen molar-refractivity contribution < 1.29 is 14.3 Å². The third kappa shape index (κ3) is 4.43. The Kier molecular flexibility index (Phi) is 6.50. The highest BCUT2D eigenvalue weighted by molar-refractivity contribution is 14.1. The highest BCUT2D eigenvalue weighted by Gasteiger charge is 2.30. The SMILES string of the molecule is COc1cc(I)c(C(=O)NCC(C)(C)N2CCc3ccccc3C2)cc1OC. The minimum absolute atomic E-state index is 0.101. The van der Waals surface area contributed by atoms with E-state index in [0.717, 1.165) is 23.1 Å². The van der Waals surface area contributed by atoms with Crippen LogP contribution in [0.4, 0.5) is 0 Å². The van der Waals surface area contributed by atoms with E-state index in [4.69, 9.17) is 9.47 Å². The van der Waals surface area contributed by atoms with Crippen LogP contribution in [-0.2, 0) is 13.0 Å². The summed E-state index contributed by atoms with van der Waals surface area (Å²) in [4.78, 5) is 15.3. The van der Waals surface area contributed by atoms with Gasteiger partial charge in [-0.25, -0.2) is 0 Å². The average Bonchev–Trinajstić information content (AvgIpc) is 2.71. The van der Waals surface area contributed by atoms with Gasteiger partial charge in [-0.3, -0.25) is 9.69 Å². The van der Waals surface area contributed by atoms with Crippen LogP contribution in [0.1, 0.15) is 35.3 Å². The van der Waals surface area contributed by atoms with Gasteiger partial charge in [0.25, 0.3) is 5.91 Å². The number of nitrogens with zero attached hydrogens (tertiary/aromatic N) is 1. The molecule has 1 amide bonds. The molecule has 2 aromatic rings. The van der Waals surface area contributed by atoms with E-state index in [2.05, 4.69) is 70.9 Å². The van der Waals surface area contributed by atoms with Crippen LogP contribution in [0, 0.1) is 3.57 Å². The first-order valence-electron chi connectivity index (χ1n) is 9.37. The van der Waals surface area contributed by atoms with Gasteiger partial charge in [-0.05, 0) is 66.1 Å². The Balaban J connectivity index is 1.69. The van der Waals surface area contributed by atoms with Crippen LogP contribution in [0.15, 0.2) is 36.4 Å². The van der Waals surface area contributed by atoms with E-state index in [-0.39, 0.29) is 11.4 Å². The Morgan fingerprint density at radius 2 is 1.79 bits per heavy atom. The topological polar surface area (TPSA) is 50.8 Å². The zero-order valence-electron chi connectivity index (χ0n) is 16.8. The van der Waals surface area contributed by atoms with Crippen molar-refractivity contribution in [3.63, 3.8) is 0 Å². The zero-order chi connectivity index (χ0) is 20.3. The molecule has 0 aliphatic carbocycles. The molecule has 6 heteroatoms. The number of fused-ring (bicyclic) bond motifs is 1. The molecule has 0 fully saturated rings. The maximum Gasteiger partial charge on any atom is 0.252 e. The lowest BCUT2D eigenvalue weighted by atomic mass is 9.94. The quantitative estimate of drug-likeness (QED) is 0.620. The first-order valence-corrected chi connectivity index (χ1v) is 10.4. The summed E-state index contributed by atoms with van der Waals surface area (Å²) >= 11 is 2.15. The minimum Gasteiger partial charge on any atom is -0.493 e. The molecule has 0 atom stereocenters. The number of carbonyl (C=O) groups is 1. The Morgan fingerprint density at radius 1 is 1.14 bits per heavy atom. The molecule has 0 unspecified atom stereocenters. The average molecular weight is 494 g/mol. The first kappa shape index (κ1) is 20.9. The molecule has 0 saturated heterocycles. The summed E-state index contributed by atoms with van der Waals surface area (Å²) in [6, 6.07) is 12.2. The van der Waals surface area contributed by atoms with Crippen LogP contribution in [0.5, 0.6) is 11.5 Å². The van der Waals surface area contributed by atoms with Crippen molar-refractivity contribution in [1.82, 2.24) is 10.2 Å². The van der Waals surface area contributed by atoms with Crippen molar-refractivity contribution in [3.05, 3.63) is 56.7 Å². The molecule has 150 valence electrons. The summed E-state index contributed by atoms with van der Waals surface area (Å²) in [5, 5.41) is 3.11. The van der Waals surface area contributed by atoms with Crippen LogP contribution < -0.4 is 14.8 Å². The van der Waals surface area contributed by atoms with Gasteiger partial charge in [-0.2, -0.15) is 0 Å². The van der Waals surface area contributed by atoms with Crippen LogP contribution in [-0.4, -0.2) is 43.7 Å². The van der Waals surface area contributed by atoms with E-state index in [0.29, 0.717) is 23.6 Å². The van der Waals surface area contributed by atoms with Crippen molar-refractivity contribution in [2.45, 2.75) is 32.4 Å². The normalized spacial score (nSPS) is 14.3. The molecule has 1 aliphatic heterocycles. The Labute approximate surface area is 180 Å². The molecule has 1 N–H and O–H groups in total. The molecule has 0 bridgehead atoms. The number of methoxy groups -OCH3 is 2. The molecular formula is C22H27IN2O3.